The number of hydrogen-bond donors (Lipinski definition) is 1. The third-order valence-electron chi connectivity index (χ3n) is 1.52. The summed E-state index contributed by atoms with van der Waals surface area (Å²) in [6, 6.07) is 3.90. The third kappa shape index (κ3) is 2.71. The van der Waals surface area contributed by atoms with Gasteiger partial charge >= 0.3 is 0 Å². The van der Waals surface area contributed by atoms with Gasteiger partial charge in [0.05, 0.1) is 6.61 Å². The minimum atomic E-state index is -1.80. The lowest BCUT2D eigenvalue weighted by Crippen LogP contribution is -2.04. The van der Waals surface area contributed by atoms with Gasteiger partial charge in [-0.25, -0.2) is 4.39 Å². The van der Waals surface area contributed by atoms with Gasteiger partial charge in [0, 0.05) is 5.56 Å². The van der Waals surface area contributed by atoms with Crippen LogP contribution in [0.15, 0.2) is 18.2 Å². The summed E-state index contributed by atoms with van der Waals surface area (Å²) in [6.07, 6.45) is 0. The van der Waals surface area contributed by atoms with Crippen LogP contribution in [0.3, 0.4) is 0 Å². The Morgan fingerprint density at radius 1 is 1.31 bits per heavy atom. The largest absolute Gasteiger partial charge is 0.392 e. The normalized spacial score (nSPS) is 11.8. The highest BCUT2D eigenvalue weighted by atomic mass is 35.6. The van der Waals surface area contributed by atoms with Crippen molar-refractivity contribution < 1.29 is 9.50 Å². The summed E-state index contributed by atoms with van der Waals surface area (Å²) in [6.45, 7) is -0.214. The Balaban J connectivity index is 3.19. The lowest BCUT2D eigenvalue weighted by Gasteiger charge is -2.12. The Labute approximate surface area is 90.0 Å². The van der Waals surface area contributed by atoms with Gasteiger partial charge in [0.15, 0.2) is 0 Å². The molecule has 0 saturated heterocycles. The highest BCUT2D eigenvalue weighted by Gasteiger charge is 2.26. The predicted octanol–water partition coefficient (Wildman–Crippen LogP) is 3.14. The third-order valence-corrected chi connectivity index (χ3v) is 2.13. The van der Waals surface area contributed by atoms with Crippen molar-refractivity contribution in [2.24, 2.45) is 0 Å². The zero-order valence-corrected chi connectivity index (χ0v) is 8.67. The van der Waals surface area contributed by atoms with Crippen LogP contribution < -0.4 is 0 Å². The molecule has 0 spiro atoms. The molecule has 0 fully saturated rings. The van der Waals surface area contributed by atoms with Crippen molar-refractivity contribution in [3.05, 3.63) is 35.1 Å². The van der Waals surface area contributed by atoms with Crippen LogP contribution >= 0.6 is 34.8 Å². The summed E-state index contributed by atoms with van der Waals surface area (Å²) >= 11 is 16.5. The Morgan fingerprint density at radius 2 is 1.92 bits per heavy atom. The molecule has 0 saturated carbocycles. The zero-order valence-electron chi connectivity index (χ0n) is 6.40. The van der Waals surface area contributed by atoms with Crippen molar-refractivity contribution in [3.63, 3.8) is 0 Å². The van der Waals surface area contributed by atoms with Crippen LogP contribution in [0.2, 0.25) is 0 Å². The summed E-state index contributed by atoms with van der Waals surface area (Å²) in [7, 11) is 0. The first kappa shape index (κ1) is 11.1. The van der Waals surface area contributed by atoms with Crippen molar-refractivity contribution in [1.29, 1.82) is 0 Å². The molecule has 0 atom stereocenters. The molecule has 0 amide bonds. The second-order valence-corrected chi connectivity index (χ2v) is 4.75. The smallest absolute Gasteiger partial charge is 0.218 e. The average Bonchev–Trinajstić information content (AvgIpc) is 2.03. The van der Waals surface area contributed by atoms with Gasteiger partial charge in [-0.3, -0.25) is 0 Å². The Kier molecular flexibility index (Phi) is 3.41. The first-order valence-electron chi connectivity index (χ1n) is 3.41. The fraction of sp³-hybridized carbons (Fsp3) is 0.250. The van der Waals surface area contributed by atoms with Gasteiger partial charge in [-0.05, 0) is 17.7 Å². The molecule has 0 radical (unpaired) electrons. The number of rotatable bonds is 1. The number of hydrogen-bond acceptors (Lipinski definition) is 1. The predicted molar refractivity (Wildman–Crippen MR) is 51.6 cm³/mol. The topological polar surface area (TPSA) is 20.2 Å². The fourth-order valence-corrected chi connectivity index (χ4v) is 1.32. The molecule has 1 N–H and O–H groups in total. The van der Waals surface area contributed by atoms with Crippen LogP contribution in [-0.4, -0.2) is 5.11 Å². The van der Waals surface area contributed by atoms with Crippen molar-refractivity contribution in [2.75, 3.05) is 0 Å². The summed E-state index contributed by atoms with van der Waals surface area (Å²) in [5.41, 5.74) is 0.451. The summed E-state index contributed by atoms with van der Waals surface area (Å²) in [5, 5.41) is 8.77. The average molecular weight is 243 g/mol. The van der Waals surface area contributed by atoms with Crippen molar-refractivity contribution in [1.82, 2.24) is 0 Å². The van der Waals surface area contributed by atoms with E-state index in [1.807, 2.05) is 0 Å². The number of aliphatic hydroxyl groups excluding tert-OH is 1. The molecule has 1 nitrogen and oxygen atoms in total. The highest BCUT2D eigenvalue weighted by molar-refractivity contribution is 6.66. The summed E-state index contributed by atoms with van der Waals surface area (Å²) in [4.78, 5) is 0. The second-order valence-electron chi connectivity index (χ2n) is 2.47. The van der Waals surface area contributed by atoms with Gasteiger partial charge in [0.2, 0.25) is 3.79 Å². The van der Waals surface area contributed by atoms with Gasteiger partial charge in [-0.15, -0.1) is 0 Å². The number of aliphatic hydroxyl groups is 1. The minimum Gasteiger partial charge on any atom is -0.392 e. The van der Waals surface area contributed by atoms with E-state index in [2.05, 4.69) is 0 Å². The number of halogens is 4. The van der Waals surface area contributed by atoms with Crippen molar-refractivity contribution in [3.8, 4) is 0 Å². The lowest BCUT2D eigenvalue weighted by atomic mass is 10.1. The second kappa shape index (κ2) is 4.01. The van der Waals surface area contributed by atoms with Crippen LogP contribution in [0.5, 0.6) is 0 Å². The number of benzene rings is 1. The van der Waals surface area contributed by atoms with Crippen molar-refractivity contribution in [2.45, 2.75) is 10.4 Å². The molecule has 1 rings (SSSR count). The Bertz CT molecular complexity index is 309. The van der Waals surface area contributed by atoms with Crippen molar-refractivity contribution >= 4 is 34.8 Å². The molecular formula is C8H6Cl3FO. The van der Waals surface area contributed by atoms with E-state index < -0.39 is 9.61 Å². The SMILES string of the molecule is OCc1ccc(F)c(C(Cl)(Cl)Cl)c1. The standard InChI is InChI=1S/C8H6Cl3FO/c9-8(10,11)6-3-5(4-13)1-2-7(6)12/h1-3,13H,4H2. The monoisotopic (exact) mass is 242 g/mol. The molecule has 0 bridgehead atoms. The molecule has 0 aliphatic carbocycles. The van der Waals surface area contributed by atoms with E-state index in [1.54, 1.807) is 0 Å². The van der Waals surface area contributed by atoms with Crippen LogP contribution in [0.4, 0.5) is 4.39 Å². The maximum Gasteiger partial charge on any atom is 0.218 e. The molecule has 0 aromatic heterocycles. The first-order chi connectivity index (χ1) is 5.95. The molecule has 0 aliphatic heterocycles. The molecule has 1 aromatic carbocycles. The molecule has 0 heterocycles. The van der Waals surface area contributed by atoms with E-state index in [0.29, 0.717) is 5.56 Å². The van der Waals surface area contributed by atoms with E-state index in [1.165, 1.54) is 12.1 Å². The summed E-state index contributed by atoms with van der Waals surface area (Å²) in [5.74, 6) is -0.600. The maximum atomic E-state index is 13.1. The van der Waals surface area contributed by atoms with Gasteiger partial charge in [0.25, 0.3) is 0 Å². The number of alkyl halides is 3. The van der Waals surface area contributed by atoms with E-state index in [0.717, 1.165) is 6.07 Å². The summed E-state index contributed by atoms with van der Waals surface area (Å²) < 4.78 is 11.3. The van der Waals surface area contributed by atoms with E-state index >= 15 is 0 Å². The molecular weight excluding hydrogens is 237 g/mol. The van der Waals surface area contributed by atoms with E-state index in [-0.39, 0.29) is 12.2 Å². The van der Waals surface area contributed by atoms with Crippen LogP contribution in [0.25, 0.3) is 0 Å². The zero-order chi connectivity index (χ0) is 10.1. The molecule has 72 valence electrons. The maximum absolute atomic E-state index is 13.1. The Hall–Kier alpha value is -0.0200. The van der Waals surface area contributed by atoms with Crippen LogP contribution in [0.1, 0.15) is 11.1 Å². The van der Waals surface area contributed by atoms with E-state index in [9.17, 15) is 4.39 Å². The highest BCUT2D eigenvalue weighted by Crippen LogP contribution is 2.39. The van der Waals surface area contributed by atoms with Crippen LogP contribution in [-0.2, 0) is 10.4 Å². The molecule has 1 aromatic rings. The molecule has 0 aliphatic rings. The molecule has 0 unspecified atom stereocenters. The quantitative estimate of drug-likeness (QED) is 0.751. The minimum absolute atomic E-state index is 0.0518. The van der Waals surface area contributed by atoms with Gasteiger partial charge in [-0.2, -0.15) is 0 Å². The first-order valence-corrected chi connectivity index (χ1v) is 4.55. The Morgan fingerprint density at radius 3 is 2.38 bits per heavy atom. The molecule has 5 heteroatoms. The van der Waals surface area contributed by atoms with E-state index in [4.69, 9.17) is 39.9 Å². The van der Waals surface area contributed by atoms with Crippen LogP contribution in [0, 0.1) is 5.82 Å². The van der Waals surface area contributed by atoms with Gasteiger partial charge < -0.3 is 5.11 Å². The van der Waals surface area contributed by atoms with Gasteiger partial charge in [-0.1, -0.05) is 40.9 Å². The fourth-order valence-electron chi connectivity index (χ4n) is 0.888. The lowest BCUT2D eigenvalue weighted by molar-refractivity contribution is 0.281. The van der Waals surface area contributed by atoms with Gasteiger partial charge in [0.1, 0.15) is 5.82 Å². The molecule has 13 heavy (non-hydrogen) atoms.